The highest BCUT2D eigenvalue weighted by molar-refractivity contribution is 5.92. The molecule has 1 fully saturated rings. The van der Waals surface area contributed by atoms with Crippen LogP contribution in [0.5, 0.6) is 0 Å². The van der Waals surface area contributed by atoms with E-state index in [0.717, 1.165) is 12.8 Å². The quantitative estimate of drug-likeness (QED) is 0.865. The molecule has 1 atom stereocenters. The number of rotatable bonds is 5. The van der Waals surface area contributed by atoms with E-state index in [0.29, 0.717) is 23.9 Å². The zero-order chi connectivity index (χ0) is 13.9. The smallest absolute Gasteiger partial charge is 0.289 e. The summed E-state index contributed by atoms with van der Waals surface area (Å²) in [5.41, 5.74) is 7.15. The van der Waals surface area contributed by atoms with Crippen LogP contribution >= 0.6 is 24.8 Å². The third-order valence-corrected chi connectivity index (χ3v) is 3.39. The molecule has 1 amide bonds. The summed E-state index contributed by atoms with van der Waals surface area (Å²) in [6, 6.07) is 7.09. The van der Waals surface area contributed by atoms with Gasteiger partial charge >= 0.3 is 0 Å². The van der Waals surface area contributed by atoms with Crippen LogP contribution in [-0.2, 0) is 0 Å². The molecule has 0 radical (unpaired) electrons. The van der Waals surface area contributed by atoms with Gasteiger partial charge in [-0.1, -0.05) is 11.2 Å². The third-order valence-electron chi connectivity index (χ3n) is 3.39. The summed E-state index contributed by atoms with van der Waals surface area (Å²) in [6.07, 6.45) is 3.98. The van der Waals surface area contributed by atoms with Gasteiger partial charge in [0.05, 0.1) is 5.69 Å². The fourth-order valence-corrected chi connectivity index (χ4v) is 2.01. The van der Waals surface area contributed by atoms with E-state index in [1.807, 2.05) is 18.2 Å². The molecule has 1 aliphatic rings. The van der Waals surface area contributed by atoms with Gasteiger partial charge in [0.2, 0.25) is 5.76 Å². The maximum Gasteiger partial charge on any atom is 0.289 e. The van der Waals surface area contributed by atoms with Crippen molar-refractivity contribution in [1.29, 1.82) is 0 Å². The van der Waals surface area contributed by atoms with Crippen LogP contribution in [0.25, 0.3) is 11.4 Å². The largest absolute Gasteiger partial charge is 0.350 e. The molecular weight excluding hydrogens is 327 g/mol. The van der Waals surface area contributed by atoms with E-state index < -0.39 is 0 Å². The molecule has 6 nitrogen and oxygen atoms in total. The fourth-order valence-electron chi connectivity index (χ4n) is 2.01. The van der Waals surface area contributed by atoms with Crippen LogP contribution in [0, 0.1) is 5.92 Å². The van der Waals surface area contributed by atoms with E-state index in [1.165, 1.54) is 0 Å². The summed E-state index contributed by atoms with van der Waals surface area (Å²) in [5, 5.41) is 6.62. The normalized spacial score (nSPS) is 14.4. The number of carbonyl (C=O) groups is 1. The Kier molecular flexibility index (Phi) is 6.80. The number of amides is 1. The number of nitrogens with zero attached hydrogens (tertiary/aromatic N) is 2. The minimum atomic E-state index is -0.296. The van der Waals surface area contributed by atoms with Crippen molar-refractivity contribution in [3.63, 3.8) is 0 Å². The molecule has 8 heteroatoms. The monoisotopic (exact) mass is 344 g/mol. The average molecular weight is 345 g/mol. The number of halogens is 2. The van der Waals surface area contributed by atoms with Gasteiger partial charge < -0.3 is 15.6 Å². The number of hydrogen-bond donors (Lipinski definition) is 2. The van der Waals surface area contributed by atoms with Crippen molar-refractivity contribution in [1.82, 2.24) is 15.5 Å². The molecule has 22 heavy (non-hydrogen) atoms. The number of nitrogens with one attached hydrogen (secondary N) is 1. The van der Waals surface area contributed by atoms with E-state index in [2.05, 4.69) is 15.5 Å². The van der Waals surface area contributed by atoms with E-state index in [-0.39, 0.29) is 42.5 Å². The zero-order valence-electron chi connectivity index (χ0n) is 11.8. The number of nitrogens with two attached hydrogens (primary N) is 1. The molecule has 120 valence electrons. The van der Waals surface area contributed by atoms with Crippen molar-refractivity contribution in [2.24, 2.45) is 11.7 Å². The number of pyridine rings is 1. The van der Waals surface area contributed by atoms with Gasteiger partial charge in [-0.15, -0.1) is 24.8 Å². The standard InChI is InChI=1S/C14H16N4O2.2ClH/c15-10(9-4-5-9)8-17-14(19)13-7-12(18-20-13)11-3-1-2-6-16-11;;/h1-3,6-7,9-10H,4-5,8,15H2,(H,17,19);2*1H. The van der Waals surface area contributed by atoms with Gasteiger partial charge in [0.25, 0.3) is 5.91 Å². The summed E-state index contributed by atoms with van der Waals surface area (Å²) in [4.78, 5) is 16.1. The predicted molar refractivity (Wildman–Crippen MR) is 87.3 cm³/mol. The Labute approximate surface area is 140 Å². The Morgan fingerprint density at radius 3 is 2.77 bits per heavy atom. The van der Waals surface area contributed by atoms with E-state index >= 15 is 0 Å². The molecule has 2 aromatic heterocycles. The highest BCUT2D eigenvalue weighted by Crippen LogP contribution is 2.31. The number of hydrogen-bond acceptors (Lipinski definition) is 5. The Bertz CT molecular complexity index is 602. The third kappa shape index (κ3) is 4.43. The van der Waals surface area contributed by atoms with Crippen molar-refractivity contribution >= 4 is 30.7 Å². The first kappa shape index (κ1) is 18.4. The lowest BCUT2D eigenvalue weighted by Crippen LogP contribution is -2.38. The van der Waals surface area contributed by atoms with Gasteiger partial charge in [0, 0.05) is 24.8 Å². The molecule has 0 bridgehead atoms. The summed E-state index contributed by atoms with van der Waals surface area (Å²) in [5.74, 6) is 0.429. The Morgan fingerprint density at radius 1 is 1.36 bits per heavy atom. The van der Waals surface area contributed by atoms with E-state index in [4.69, 9.17) is 10.3 Å². The van der Waals surface area contributed by atoms with Crippen LogP contribution in [0.1, 0.15) is 23.4 Å². The van der Waals surface area contributed by atoms with Crippen molar-refractivity contribution in [3.8, 4) is 11.4 Å². The van der Waals surface area contributed by atoms with Crippen LogP contribution in [-0.4, -0.2) is 28.6 Å². The number of carbonyl (C=O) groups excluding carboxylic acids is 1. The first-order valence-corrected chi connectivity index (χ1v) is 6.66. The summed E-state index contributed by atoms with van der Waals surface area (Å²) in [6.45, 7) is 0.461. The van der Waals surface area contributed by atoms with Gasteiger partial charge in [-0.3, -0.25) is 9.78 Å². The van der Waals surface area contributed by atoms with Gasteiger partial charge in [-0.2, -0.15) is 0 Å². The van der Waals surface area contributed by atoms with Crippen LogP contribution in [0.15, 0.2) is 35.0 Å². The second-order valence-corrected chi connectivity index (χ2v) is 5.00. The maximum absolute atomic E-state index is 11.9. The second kappa shape index (κ2) is 8.12. The lowest BCUT2D eigenvalue weighted by molar-refractivity contribution is 0.0913. The van der Waals surface area contributed by atoms with Crippen LogP contribution in [0.2, 0.25) is 0 Å². The Balaban J connectivity index is 0.00000121. The first-order chi connectivity index (χ1) is 9.74. The summed E-state index contributed by atoms with van der Waals surface area (Å²) < 4.78 is 5.05. The molecule has 1 saturated carbocycles. The minimum Gasteiger partial charge on any atom is -0.350 e. The van der Waals surface area contributed by atoms with E-state index in [9.17, 15) is 4.79 Å². The molecule has 0 spiro atoms. The van der Waals surface area contributed by atoms with Crippen LogP contribution < -0.4 is 11.1 Å². The Morgan fingerprint density at radius 2 is 2.14 bits per heavy atom. The molecule has 3 rings (SSSR count). The first-order valence-electron chi connectivity index (χ1n) is 6.66. The molecule has 0 aliphatic heterocycles. The van der Waals surface area contributed by atoms with Gasteiger partial charge in [0.1, 0.15) is 5.69 Å². The summed E-state index contributed by atoms with van der Waals surface area (Å²) in [7, 11) is 0. The molecule has 2 heterocycles. The molecule has 2 aromatic rings. The average Bonchev–Trinajstić information content (AvgIpc) is 3.22. The SMILES string of the molecule is Cl.Cl.NC(CNC(=O)c1cc(-c2ccccn2)no1)C1CC1. The van der Waals surface area contributed by atoms with Crippen molar-refractivity contribution in [2.45, 2.75) is 18.9 Å². The fraction of sp³-hybridized carbons (Fsp3) is 0.357. The van der Waals surface area contributed by atoms with Gasteiger partial charge in [-0.05, 0) is 30.9 Å². The van der Waals surface area contributed by atoms with Gasteiger partial charge in [-0.25, -0.2) is 0 Å². The van der Waals surface area contributed by atoms with E-state index in [1.54, 1.807) is 12.3 Å². The minimum absolute atomic E-state index is 0. The van der Waals surface area contributed by atoms with Gasteiger partial charge in [0.15, 0.2) is 0 Å². The molecule has 1 unspecified atom stereocenters. The highest BCUT2D eigenvalue weighted by atomic mass is 35.5. The van der Waals surface area contributed by atoms with Crippen molar-refractivity contribution < 1.29 is 9.32 Å². The van der Waals surface area contributed by atoms with Crippen molar-refractivity contribution in [2.75, 3.05) is 6.54 Å². The maximum atomic E-state index is 11.9. The summed E-state index contributed by atoms with van der Waals surface area (Å²) >= 11 is 0. The van der Waals surface area contributed by atoms with Crippen LogP contribution in [0.3, 0.4) is 0 Å². The molecule has 0 aromatic carbocycles. The predicted octanol–water partition coefficient (Wildman–Crippen LogP) is 2.05. The molecular formula is C14H18Cl2N4O2. The second-order valence-electron chi connectivity index (χ2n) is 5.00. The molecule has 1 aliphatic carbocycles. The number of aromatic nitrogens is 2. The lowest BCUT2D eigenvalue weighted by atomic mass is 10.2. The Hall–Kier alpha value is -1.63. The topological polar surface area (TPSA) is 94.0 Å². The van der Waals surface area contributed by atoms with Crippen LogP contribution in [0.4, 0.5) is 0 Å². The highest BCUT2D eigenvalue weighted by Gasteiger charge is 2.28. The van der Waals surface area contributed by atoms with Crippen molar-refractivity contribution in [3.05, 3.63) is 36.2 Å². The lowest BCUT2D eigenvalue weighted by Gasteiger charge is -2.09. The molecule has 0 saturated heterocycles. The zero-order valence-corrected chi connectivity index (χ0v) is 13.4. The molecule has 3 N–H and O–H groups in total.